The Kier molecular flexibility index (Phi) is 4.18. The van der Waals surface area contributed by atoms with E-state index in [2.05, 4.69) is 72.0 Å². The van der Waals surface area contributed by atoms with Gasteiger partial charge >= 0.3 is 0 Å². The maximum atomic E-state index is 12.7. The van der Waals surface area contributed by atoms with Gasteiger partial charge in [-0.25, -0.2) is 5.01 Å². The molecule has 1 fully saturated rings. The second kappa shape index (κ2) is 6.43. The second-order valence-corrected chi connectivity index (χ2v) is 10.4. The number of benzene rings is 2. The van der Waals surface area contributed by atoms with Crippen molar-refractivity contribution in [2.45, 2.75) is 58.2 Å². The molecule has 2 aromatic rings. The lowest BCUT2D eigenvalue weighted by Crippen LogP contribution is -2.59. The molecule has 2 heterocycles. The van der Waals surface area contributed by atoms with Gasteiger partial charge in [-0.1, -0.05) is 59.6 Å². The first-order chi connectivity index (χ1) is 13.7. The van der Waals surface area contributed by atoms with Crippen molar-refractivity contribution in [3.63, 3.8) is 0 Å². The van der Waals surface area contributed by atoms with Gasteiger partial charge in [-0.3, -0.25) is 4.79 Å². The minimum absolute atomic E-state index is 0.0780. The number of ether oxygens (including phenoxy) is 1. The maximum absolute atomic E-state index is 12.7. The summed E-state index contributed by atoms with van der Waals surface area (Å²) in [5.41, 5.74) is 3.73. The first-order valence-electron chi connectivity index (χ1n) is 10.2. The lowest BCUT2D eigenvalue weighted by atomic mass is 9.71. The van der Waals surface area contributed by atoms with Crippen LogP contribution in [0.25, 0.3) is 0 Å². The monoisotopic (exact) mass is 452 g/mol. The quantitative estimate of drug-likeness (QED) is 0.550. The first kappa shape index (κ1) is 18.9. The van der Waals surface area contributed by atoms with Gasteiger partial charge in [0.2, 0.25) is 5.72 Å². The summed E-state index contributed by atoms with van der Waals surface area (Å²) in [6.07, 6.45) is 2.57. The third kappa shape index (κ3) is 3.20. The Morgan fingerprint density at radius 2 is 1.90 bits per heavy atom. The molecule has 0 aromatic heterocycles. The van der Waals surface area contributed by atoms with Crippen LogP contribution in [0.1, 0.15) is 62.3 Å². The van der Waals surface area contributed by atoms with Crippen LogP contribution in [0.3, 0.4) is 0 Å². The van der Waals surface area contributed by atoms with Crippen molar-refractivity contribution in [1.29, 1.82) is 0 Å². The van der Waals surface area contributed by atoms with E-state index >= 15 is 0 Å². The van der Waals surface area contributed by atoms with E-state index in [1.54, 1.807) is 0 Å². The van der Waals surface area contributed by atoms with E-state index in [1.807, 2.05) is 12.1 Å². The highest BCUT2D eigenvalue weighted by Gasteiger charge is 2.56. The molecule has 150 valence electrons. The highest BCUT2D eigenvalue weighted by Crippen LogP contribution is 2.54. The molecule has 1 spiro atoms. The molecule has 0 radical (unpaired) electrons. The van der Waals surface area contributed by atoms with E-state index in [9.17, 15) is 4.79 Å². The van der Waals surface area contributed by atoms with Crippen LogP contribution >= 0.6 is 15.9 Å². The van der Waals surface area contributed by atoms with Crippen molar-refractivity contribution in [2.75, 3.05) is 0 Å². The summed E-state index contributed by atoms with van der Waals surface area (Å²) in [5.74, 6) is 1.12. The number of ketones is 1. The summed E-state index contributed by atoms with van der Waals surface area (Å²) in [6.45, 7) is 6.40. The average Bonchev–Trinajstić information content (AvgIpc) is 3.08. The van der Waals surface area contributed by atoms with Gasteiger partial charge in [-0.2, -0.15) is 5.10 Å². The van der Waals surface area contributed by atoms with Gasteiger partial charge in [0.05, 0.1) is 18.2 Å². The number of aryl methyl sites for hydroxylation is 1. The summed E-state index contributed by atoms with van der Waals surface area (Å²) in [5, 5.41) is 7.18. The summed E-state index contributed by atoms with van der Waals surface area (Å²) in [4.78, 5) is 12.7. The van der Waals surface area contributed by atoms with Crippen LogP contribution in [0, 0.1) is 12.3 Å². The molecular formula is C24H25BrN2O2. The van der Waals surface area contributed by atoms with Crippen LogP contribution < -0.4 is 4.74 Å². The molecule has 0 bridgehead atoms. The number of hydrazone groups is 1. The normalized spacial score (nSPS) is 27.3. The fraction of sp³-hybridized carbons (Fsp3) is 0.417. The van der Waals surface area contributed by atoms with Gasteiger partial charge in [-0.05, 0) is 36.1 Å². The largest absolute Gasteiger partial charge is 0.466 e. The lowest BCUT2D eigenvalue weighted by Gasteiger charge is -2.52. The van der Waals surface area contributed by atoms with Crippen molar-refractivity contribution in [1.82, 2.24) is 5.01 Å². The molecule has 0 saturated heterocycles. The van der Waals surface area contributed by atoms with E-state index in [1.165, 1.54) is 5.56 Å². The Labute approximate surface area is 180 Å². The summed E-state index contributed by atoms with van der Waals surface area (Å²) in [6, 6.07) is 14.8. The fourth-order valence-electron chi connectivity index (χ4n) is 5.18. The predicted octanol–water partition coefficient (Wildman–Crippen LogP) is 5.78. The average molecular weight is 453 g/mol. The van der Waals surface area contributed by atoms with Crippen molar-refractivity contribution in [3.8, 4) is 5.75 Å². The van der Waals surface area contributed by atoms with Crippen LogP contribution in [0.15, 0.2) is 52.0 Å². The molecule has 5 rings (SSSR count). The van der Waals surface area contributed by atoms with Crippen LogP contribution in [0.2, 0.25) is 0 Å². The summed E-state index contributed by atoms with van der Waals surface area (Å²) in [7, 11) is 0. The molecule has 0 amide bonds. The molecule has 3 aliphatic rings. The van der Waals surface area contributed by atoms with Gasteiger partial charge in [0.15, 0.2) is 0 Å². The molecule has 2 atom stereocenters. The zero-order valence-electron chi connectivity index (χ0n) is 17.0. The fourth-order valence-corrected chi connectivity index (χ4v) is 5.56. The number of hydrogen-bond acceptors (Lipinski definition) is 4. The number of fused-ring (bicyclic) bond motifs is 4. The number of hydrogen-bond donors (Lipinski definition) is 0. The number of Topliss-reactive ketones (excluding diaryl/α,β-unsaturated/α-hetero) is 1. The molecule has 1 aliphatic carbocycles. The van der Waals surface area contributed by atoms with Crippen molar-refractivity contribution < 1.29 is 9.53 Å². The molecule has 29 heavy (non-hydrogen) atoms. The smallest absolute Gasteiger partial charge is 0.205 e. The SMILES string of the molecule is Cc1ccc(C2=NN3C(C2)c2cc(Br)ccc2OC32CC(=O)CC(C)(C)C2)cc1. The number of halogens is 1. The minimum atomic E-state index is -0.712. The van der Waals surface area contributed by atoms with E-state index in [-0.39, 0.29) is 17.2 Å². The van der Waals surface area contributed by atoms with Gasteiger partial charge in [-0.15, -0.1) is 0 Å². The van der Waals surface area contributed by atoms with E-state index in [0.29, 0.717) is 12.8 Å². The molecule has 2 aromatic carbocycles. The molecule has 2 aliphatic heterocycles. The topological polar surface area (TPSA) is 41.9 Å². The van der Waals surface area contributed by atoms with Gasteiger partial charge in [0, 0.05) is 29.3 Å². The number of nitrogens with zero attached hydrogens (tertiary/aromatic N) is 2. The van der Waals surface area contributed by atoms with Gasteiger partial charge in [0.1, 0.15) is 11.5 Å². The Bertz CT molecular complexity index is 1030. The molecule has 2 unspecified atom stereocenters. The Morgan fingerprint density at radius 1 is 1.14 bits per heavy atom. The number of carbonyl (C=O) groups is 1. The molecular weight excluding hydrogens is 428 g/mol. The van der Waals surface area contributed by atoms with Gasteiger partial charge in [0.25, 0.3) is 0 Å². The third-order valence-electron chi connectivity index (χ3n) is 6.25. The van der Waals surface area contributed by atoms with Crippen LogP contribution in [-0.4, -0.2) is 22.2 Å². The van der Waals surface area contributed by atoms with Crippen molar-refractivity contribution >= 4 is 27.4 Å². The summed E-state index contributed by atoms with van der Waals surface area (Å²) < 4.78 is 7.64. The second-order valence-electron chi connectivity index (χ2n) is 9.44. The summed E-state index contributed by atoms with van der Waals surface area (Å²) >= 11 is 3.60. The zero-order chi connectivity index (χ0) is 20.4. The number of rotatable bonds is 1. The first-order valence-corrected chi connectivity index (χ1v) is 11.0. The molecule has 4 nitrogen and oxygen atoms in total. The predicted molar refractivity (Wildman–Crippen MR) is 117 cm³/mol. The van der Waals surface area contributed by atoms with Crippen LogP contribution in [0.5, 0.6) is 5.75 Å². The highest BCUT2D eigenvalue weighted by atomic mass is 79.9. The zero-order valence-corrected chi connectivity index (χ0v) is 18.6. The minimum Gasteiger partial charge on any atom is -0.466 e. The van der Waals surface area contributed by atoms with Crippen molar-refractivity contribution in [3.05, 3.63) is 63.6 Å². The third-order valence-corrected chi connectivity index (χ3v) is 6.74. The standard InChI is InChI=1S/C24H25BrN2O2/c1-15-4-6-16(7-5-15)20-11-21-19-10-17(25)8-9-22(19)29-24(27(21)26-20)13-18(28)12-23(2,3)14-24/h4-10,21H,11-14H2,1-3H3. The Balaban J connectivity index is 1.63. The highest BCUT2D eigenvalue weighted by molar-refractivity contribution is 9.10. The molecule has 5 heteroatoms. The van der Waals surface area contributed by atoms with Crippen molar-refractivity contribution in [2.24, 2.45) is 10.5 Å². The lowest BCUT2D eigenvalue weighted by molar-refractivity contribution is -0.171. The number of carbonyl (C=O) groups excluding carboxylic acids is 1. The Morgan fingerprint density at radius 3 is 2.62 bits per heavy atom. The molecule has 0 N–H and O–H groups in total. The maximum Gasteiger partial charge on any atom is 0.205 e. The van der Waals surface area contributed by atoms with E-state index < -0.39 is 5.72 Å². The van der Waals surface area contributed by atoms with Gasteiger partial charge < -0.3 is 4.74 Å². The van der Waals surface area contributed by atoms with E-state index in [0.717, 1.165) is 39.9 Å². The molecule has 1 saturated carbocycles. The van der Waals surface area contributed by atoms with Crippen LogP contribution in [0.4, 0.5) is 0 Å². The van der Waals surface area contributed by atoms with E-state index in [4.69, 9.17) is 9.84 Å². The van der Waals surface area contributed by atoms with Crippen LogP contribution in [-0.2, 0) is 4.79 Å². The Hall–Kier alpha value is -2.14.